The lowest BCUT2D eigenvalue weighted by molar-refractivity contribution is 0.102. The minimum atomic E-state index is -3.77. The van der Waals surface area contributed by atoms with Crippen LogP contribution >= 0.6 is 23.2 Å². The second kappa shape index (κ2) is 5.69. The highest BCUT2D eigenvalue weighted by atomic mass is 35.5. The number of primary sulfonamides is 1. The number of H-pyrrole nitrogens is 1. The second-order valence-electron chi connectivity index (χ2n) is 4.28. The first-order valence-electron chi connectivity index (χ1n) is 5.68. The van der Waals surface area contributed by atoms with E-state index in [2.05, 4.69) is 10.3 Å². The van der Waals surface area contributed by atoms with Gasteiger partial charge in [-0.3, -0.25) is 4.79 Å². The number of rotatable bonds is 3. The zero-order chi connectivity index (χ0) is 15.8. The Morgan fingerprint density at radius 3 is 2.19 bits per heavy atom. The number of aryl methyl sites for hydroxylation is 1. The Morgan fingerprint density at radius 2 is 1.76 bits per heavy atom. The highest BCUT2D eigenvalue weighted by molar-refractivity contribution is 7.89. The van der Waals surface area contributed by atoms with Gasteiger partial charge in [0, 0.05) is 11.4 Å². The summed E-state index contributed by atoms with van der Waals surface area (Å²) in [6.45, 7) is 1.69. The van der Waals surface area contributed by atoms with Crippen LogP contribution in [0.4, 0.5) is 5.69 Å². The SMILES string of the molecule is Cc1[nH]c(C(=O)Nc2ccc(S(N)(=O)=O)cc2)c(Cl)c1Cl. The van der Waals surface area contributed by atoms with Gasteiger partial charge in [-0.1, -0.05) is 23.2 Å². The summed E-state index contributed by atoms with van der Waals surface area (Å²) >= 11 is 11.8. The predicted octanol–water partition coefficient (Wildman–Crippen LogP) is 2.53. The number of nitrogens with two attached hydrogens (primary N) is 1. The number of halogens is 2. The van der Waals surface area contributed by atoms with Gasteiger partial charge in [0.15, 0.2) is 0 Å². The maximum absolute atomic E-state index is 12.1. The minimum Gasteiger partial charge on any atom is -0.352 e. The summed E-state index contributed by atoms with van der Waals surface area (Å²) in [6, 6.07) is 5.42. The number of aromatic amines is 1. The van der Waals surface area contributed by atoms with Crippen molar-refractivity contribution in [3.63, 3.8) is 0 Å². The number of sulfonamides is 1. The van der Waals surface area contributed by atoms with Gasteiger partial charge in [-0.25, -0.2) is 13.6 Å². The van der Waals surface area contributed by atoms with Crippen LogP contribution in [0.5, 0.6) is 0 Å². The smallest absolute Gasteiger partial charge is 0.273 e. The quantitative estimate of drug-likeness (QED) is 0.794. The lowest BCUT2D eigenvalue weighted by atomic mass is 10.3. The molecule has 1 aromatic carbocycles. The molecule has 0 spiro atoms. The summed E-state index contributed by atoms with van der Waals surface area (Å²) in [6.07, 6.45) is 0. The molecule has 0 saturated carbocycles. The standard InChI is InChI=1S/C12H11Cl2N3O3S/c1-6-9(13)10(14)11(16-6)12(18)17-7-2-4-8(5-3-7)21(15,19)20/h2-5,16H,1H3,(H,17,18)(H2,15,19,20). The maximum atomic E-state index is 12.1. The van der Waals surface area contributed by atoms with Crippen LogP contribution in [0, 0.1) is 6.92 Å². The van der Waals surface area contributed by atoms with E-state index in [1.54, 1.807) is 6.92 Å². The van der Waals surface area contributed by atoms with Crippen molar-refractivity contribution in [2.24, 2.45) is 5.14 Å². The van der Waals surface area contributed by atoms with E-state index in [0.29, 0.717) is 11.4 Å². The molecule has 0 saturated heterocycles. The number of hydrogen-bond donors (Lipinski definition) is 3. The highest BCUT2D eigenvalue weighted by Crippen LogP contribution is 2.29. The second-order valence-corrected chi connectivity index (χ2v) is 6.59. The number of aromatic nitrogens is 1. The first-order valence-corrected chi connectivity index (χ1v) is 7.98. The van der Waals surface area contributed by atoms with Crippen molar-refractivity contribution in [1.29, 1.82) is 0 Å². The molecule has 0 unspecified atom stereocenters. The molecule has 9 heteroatoms. The Balaban J connectivity index is 2.22. The molecule has 0 aliphatic heterocycles. The lowest BCUT2D eigenvalue weighted by Crippen LogP contribution is -2.14. The van der Waals surface area contributed by atoms with E-state index in [1.807, 2.05) is 0 Å². The molecular weight excluding hydrogens is 337 g/mol. The van der Waals surface area contributed by atoms with Gasteiger partial charge < -0.3 is 10.3 Å². The average Bonchev–Trinajstić information content (AvgIpc) is 2.66. The van der Waals surface area contributed by atoms with Gasteiger partial charge in [-0.15, -0.1) is 0 Å². The van der Waals surface area contributed by atoms with Crippen molar-refractivity contribution in [3.05, 3.63) is 45.7 Å². The predicted molar refractivity (Wildman–Crippen MR) is 81.3 cm³/mol. The van der Waals surface area contributed by atoms with Gasteiger partial charge in [0.25, 0.3) is 5.91 Å². The fraction of sp³-hybridized carbons (Fsp3) is 0.0833. The zero-order valence-corrected chi connectivity index (χ0v) is 13.1. The third kappa shape index (κ3) is 3.38. The van der Waals surface area contributed by atoms with Crippen LogP contribution in [0.25, 0.3) is 0 Å². The summed E-state index contributed by atoms with van der Waals surface area (Å²) in [4.78, 5) is 14.8. The summed E-state index contributed by atoms with van der Waals surface area (Å²) in [7, 11) is -3.77. The Bertz CT molecular complexity index is 798. The monoisotopic (exact) mass is 347 g/mol. The lowest BCUT2D eigenvalue weighted by Gasteiger charge is -2.05. The number of nitrogens with one attached hydrogen (secondary N) is 2. The summed E-state index contributed by atoms with van der Waals surface area (Å²) in [5.41, 5.74) is 1.11. The van der Waals surface area contributed by atoms with E-state index in [1.165, 1.54) is 24.3 Å². The molecule has 0 aliphatic carbocycles. The van der Waals surface area contributed by atoms with Crippen molar-refractivity contribution in [1.82, 2.24) is 4.98 Å². The number of amides is 1. The van der Waals surface area contributed by atoms with E-state index in [0.717, 1.165) is 0 Å². The molecule has 0 fully saturated rings. The number of carbonyl (C=O) groups is 1. The van der Waals surface area contributed by atoms with Crippen molar-refractivity contribution in [3.8, 4) is 0 Å². The fourth-order valence-corrected chi connectivity index (χ4v) is 2.58. The average molecular weight is 348 g/mol. The number of anilines is 1. The van der Waals surface area contributed by atoms with Gasteiger partial charge in [-0.2, -0.15) is 0 Å². The summed E-state index contributed by atoms with van der Waals surface area (Å²) in [5.74, 6) is -0.488. The van der Waals surface area contributed by atoms with Gasteiger partial charge in [0.1, 0.15) is 5.69 Å². The fourth-order valence-electron chi connectivity index (χ4n) is 1.65. The maximum Gasteiger partial charge on any atom is 0.273 e. The molecule has 1 amide bonds. The van der Waals surface area contributed by atoms with E-state index >= 15 is 0 Å². The van der Waals surface area contributed by atoms with Crippen LogP contribution < -0.4 is 10.5 Å². The zero-order valence-electron chi connectivity index (χ0n) is 10.8. The number of carbonyl (C=O) groups excluding carboxylic acids is 1. The normalized spacial score (nSPS) is 11.4. The molecular formula is C12H11Cl2N3O3S. The summed E-state index contributed by atoms with van der Waals surface area (Å²) < 4.78 is 22.3. The van der Waals surface area contributed by atoms with E-state index < -0.39 is 15.9 Å². The number of benzene rings is 1. The Morgan fingerprint density at radius 1 is 1.19 bits per heavy atom. The molecule has 1 heterocycles. The van der Waals surface area contributed by atoms with Gasteiger partial charge in [0.2, 0.25) is 10.0 Å². The van der Waals surface area contributed by atoms with Gasteiger partial charge in [0.05, 0.1) is 14.9 Å². The van der Waals surface area contributed by atoms with Gasteiger partial charge >= 0.3 is 0 Å². The molecule has 21 heavy (non-hydrogen) atoms. The number of hydrogen-bond acceptors (Lipinski definition) is 3. The molecule has 6 nitrogen and oxygen atoms in total. The van der Waals surface area contributed by atoms with Crippen LogP contribution in [-0.4, -0.2) is 19.3 Å². The topological polar surface area (TPSA) is 105 Å². The molecule has 0 aliphatic rings. The molecule has 4 N–H and O–H groups in total. The van der Waals surface area contributed by atoms with Crippen molar-refractivity contribution in [2.75, 3.05) is 5.32 Å². The molecule has 0 radical (unpaired) electrons. The third-order valence-electron chi connectivity index (χ3n) is 2.72. The molecule has 0 atom stereocenters. The van der Waals surface area contributed by atoms with Crippen LogP contribution in [-0.2, 0) is 10.0 Å². The van der Waals surface area contributed by atoms with Crippen molar-refractivity contribution < 1.29 is 13.2 Å². The van der Waals surface area contributed by atoms with Crippen LogP contribution in [0.2, 0.25) is 10.0 Å². The van der Waals surface area contributed by atoms with Crippen molar-refractivity contribution >= 4 is 44.8 Å². The Hall–Kier alpha value is -1.54. The van der Waals surface area contributed by atoms with E-state index in [9.17, 15) is 13.2 Å². The third-order valence-corrected chi connectivity index (χ3v) is 4.60. The molecule has 2 rings (SSSR count). The Labute approximate surface area is 131 Å². The van der Waals surface area contributed by atoms with Crippen LogP contribution in [0.1, 0.15) is 16.2 Å². The van der Waals surface area contributed by atoms with Crippen molar-refractivity contribution in [2.45, 2.75) is 11.8 Å². The first-order chi connectivity index (χ1) is 9.70. The highest BCUT2D eigenvalue weighted by Gasteiger charge is 2.18. The first kappa shape index (κ1) is 15.8. The summed E-state index contributed by atoms with van der Waals surface area (Å²) in [5, 5.41) is 7.97. The molecule has 112 valence electrons. The van der Waals surface area contributed by atoms with Crippen LogP contribution in [0.15, 0.2) is 29.2 Å². The molecule has 0 bridgehead atoms. The Kier molecular flexibility index (Phi) is 4.29. The van der Waals surface area contributed by atoms with E-state index in [-0.39, 0.29) is 20.6 Å². The van der Waals surface area contributed by atoms with Crippen LogP contribution in [0.3, 0.4) is 0 Å². The largest absolute Gasteiger partial charge is 0.352 e. The van der Waals surface area contributed by atoms with E-state index in [4.69, 9.17) is 28.3 Å². The molecule has 2 aromatic rings. The minimum absolute atomic E-state index is 0.0442. The van der Waals surface area contributed by atoms with Gasteiger partial charge in [-0.05, 0) is 31.2 Å². The molecule has 1 aromatic heterocycles.